The van der Waals surface area contributed by atoms with Gasteiger partial charge in [-0.15, -0.1) is 0 Å². The Bertz CT molecular complexity index is 515. The highest BCUT2D eigenvalue weighted by Crippen LogP contribution is 2.25. The summed E-state index contributed by atoms with van der Waals surface area (Å²) in [6.07, 6.45) is 0. The van der Waals surface area contributed by atoms with Crippen molar-refractivity contribution in [3.8, 4) is 0 Å². The zero-order chi connectivity index (χ0) is 14.5. The van der Waals surface area contributed by atoms with E-state index in [1.54, 1.807) is 6.07 Å². The number of nitrogens with zero attached hydrogens (tertiary/aromatic N) is 1. The van der Waals surface area contributed by atoms with Crippen LogP contribution in [0.15, 0.2) is 23.1 Å². The Balaban J connectivity index is 3.17. The summed E-state index contributed by atoms with van der Waals surface area (Å²) in [4.78, 5) is -0.0618. The molecule has 0 radical (unpaired) electrons. The number of nitrogens with two attached hydrogens (primary N) is 1. The molecule has 0 saturated carbocycles. The lowest BCUT2D eigenvalue weighted by atomic mass is 10.2. The van der Waals surface area contributed by atoms with Gasteiger partial charge in [-0.2, -0.15) is 4.31 Å². The van der Waals surface area contributed by atoms with Gasteiger partial charge in [0.15, 0.2) is 0 Å². The molecule has 0 unspecified atom stereocenters. The number of aliphatic hydroxyl groups excluding tert-OH is 2. The lowest BCUT2D eigenvalue weighted by Gasteiger charge is -2.21. The molecule has 1 aromatic rings. The Morgan fingerprint density at radius 1 is 1.21 bits per heavy atom. The molecule has 0 bridgehead atoms. The summed E-state index contributed by atoms with van der Waals surface area (Å²) in [6, 6.07) is 4.45. The van der Waals surface area contributed by atoms with Crippen LogP contribution < -0.4 is 5.73 Å². The number of sulfonamides is 1. The number of hydrogen-bond donors (Lipinski definition) is 3. The highest BCUT2D eigenvalue weighted by molar-refractivity contribution is 7.89. The highest BCUT2D eigenvalue weighted by Gasteiger charge is 2.25. The molecule has 0 aliphatic heterocycles. The van der Waals surface area contributed by atoms with Crippen LogP contribution in [-0.2, 0) is 16.6 Å². The fraction of sp³-hybridized carbons (Fsp3) is 0.455. The van der Waals surface area contributed by atoms with E-state index in [1.807, 2.05) is 0 Å². The summed E-state index contributed by atoms with van der Waals surface area (Å²) >= 11 is 5.95. The third kappa shape index (κ3) is 3.88. The lowest BCUT2D eigenvalue weighted by Crippen LogP contribution is -2.36. The molecule has 0 aromatic heterocycles. The van der Waals surface area contributed by atoms with Gasteiger partial charge in [0, 0.05) is 19.6 Å². The van der Waals surface area contributed by atoms with E-state index >= 15 is 0 Å². The van der Waals surface area contributed by atoms with Gasteiger partial charge < -0.3 is 15.9 Å². The molecule has 0 atom stereocenters. The molecule has 108 valence electrons. The summed E-state index contributed by atoms with van der Waals surface area (Å²) < 4.78 is 25.6. The van der Waals surface area contributed by atoms with Crippen molar-refractivity contribution in [1.29, 1.82) is 0 Å². The van der Waals surface area contributed by atoms with Crippen molar-refractivity contribution < 1.29 is 18.6 Å². The minimum absolute atomic E-state index is 0.0618. The van der Waals surface area contributed by atoms with E-state index in [1.165, 1.54) is 12.1 Å². The van der Waals surface area contributed by atoms with Crippen LogP contribution in [0.25, 0.3) is 0 Å². The van der Waals surface area contributed by atoms with Crippen LogP contribution >= 0.6 is 11.6 Å². The summed E-state index contributed by atoms with van der Waals surface area (Å²) in [5, 5.41) is 17.8. The molecule has 4 N–H and O–H groups in total. The molecular formula is C11H17ClN2O4S. The molecule has 1 aromatic carbocycles. The zero-order valence-corrected chi connectivity index (χ0v) is 11.9. The second kappa shape index (κ2) is 7.18. The first kappa shape index (κ1) is 16.4. The zero-order valence-electron chi connectivity index (χ0n) is 10.3. The molecule has 6 nitrogen and oxygen atoms in total. The molecule has 0 amide bonds. The standard InChI is InChI=1S/C11H17ClN2O4S/c12-10-7-9(8-13)1-2-11(10)19(17,18)14(3-5-15)4-6-16/h1-2,7,15-16H,3-6,8,13H2. The van der Waals surface area contributed by atoms with E-state index in [2.05, 4.69) is 0 Å². The quantitative estimate of drug-likeness (QED) is 0.646. The minimum Gasteiger partial charge on any atom is -0.395 e. The van der Waals surface area contributed by atoms with Crippen molar-refractivity contribution in [3.05, 3.63) is 28.8 Å². The number of aliphatic hydroxyl groups is 2. The SMILES string of the molecule is NCc1ccc(S(=O)(=O)N(CCO)CCO)c(Cl)c1. The average Bonchev–Trinajstić information content (AvgIpc) is 2.38. The van der Waals surface area contributed by atoms with Crippen LogP contribution in [0, 0.1) is 0 Å². The van der Waals surface area contributed by atoms with Gasteiger partial charge in [0.1, 0.15) is 4.90 Å². The van der Waals surface area contributed by atoms with Crippen LogP contribution in [0.4, 0.5) is 0 Å². The molecule has 0 spiro atoms. The maximum Gasteiger partial charge on any atom is 0.244 e. The maximum atomic E-state index is 12.3. The molecule has 0 aliphatic rings. The van der Waals surface area contributed by atoms with Crippen LogP contribution in [0.3, 0.4) is 0 Å². The molecule has 19 heavy (non-hydrogen) atoms. The normalized spacial score (nSPS) is 12.1. The van der Waals surface area contributed by atoms with E-state index in [4.69, 9.17) is 27.5 Å². The van der Waals surface area contributed by atoms with Crippen LogP contribution in [0.1, 0.15) is 5.56 Å². The number of rotatable bonds is 7. The van der Waals surface area contributed by atoms with Crippen molar-refractivity contribution in [2.45, 2.75) is 11.4 Å². The third-order valence-electron chi connectivity index (χ3n) is 2.55. The van der Waals surface area contributed by atoms with Gasteiger partial charge in [-0.1, -0.05) is 17.7 Å². The summed E-state index contributed by atoms with van der Waals surface area (Å²) in [5.41, 5.74) is 6.17. The highest BCUT2D eigenvalue weighted by atomic mass is 35.5. The second-order valence-corrected chi connectivity index (χ2v) is 6.13. The van der Waals surface area contributed by atoms with Crippen LogP contribution in [0.5, 0.6) is 0 Å². The van der Waals surface area contributed by atoms with Crippen LogP contribution in [-0.4, -0.2) is 49.2 Å². The Morgan fingerprint density at radius 2 is 1.79 bits per heavy atom. The Labute approximate surface area is 117 Å². The Hall–Kier alpha value is -0.700. The number of hydrogen-bond acceptors (Lipinski definition) is 5. The largest absolute Gasteiger partial charge is 0.395 e. The number of halogens is 1. The molecule has 8 heteroatoms. The Kier molecular flexibility index (Phi) is 6.18. The molecule has 0 heterocycles. The van der Waals surface area contributed by atoms with Crippen molar-refractivity contribution in [1.82, 2.24) is 4.31 Å². The first-order valence-corrected chi connectivity index (χ1v) is 7.49. The van der Waals surface area contributed by atoms with E-state index in [9.17, 15) is 8.42 Å². The average molecular weight is 309 g/mol. The lowest BCUT2D eigenvalue weighted by molar-refractivity contribution is 0.217. The Morgan fingerprint density at radius 3 is 2.21 bits per heavy atom. The van der Waals surface area contributed by atoms with E-state index in [-0.39, 0.29) is 42.8 Å². The van der Waals surface area contributed by atoms with Gasteiger partial charge in [-0.25, -0.2) is 8.42 Å². The smallest absolute Gasteiger partial charge is 0.244 e. The van der Waals surface area contributed by atoms with Gasteiger partial charge >= 0.3 is 0 Å². The first-order chi connectivity index (χ1) is 8.97. The van der Waals surface area contributed by atoms with E-state index < -0.39 is 10.0 Å². The minimum atomic E-state index is -3.84. The predicted molar refractivity (Wildman–Crippen MR) is 72.3 cm³/mol. The van der Waals surface area contributed by atoms with Gasteiger partial charge in [-0.05, 0) is 17.7 Å². The fourth-order valence-electron chi connectivity index (χ4n) is 1.59. The summed E-state index contributed by atoms with van der Waals surface area (Å²) in [5.74, 6) is 0. The molecule has 0 fully saturated rings. The summed E-state index contributed by atoms with van der Waals surface area (Å²) in [7, 11) is -3.84. The van der Waals surface area contributed by atoms with E-state index in [0.29, 0.717) is 0 Å². The summed E-state index contributed by atoms with van der Waals surface area (Å²) in [6.45, 7) is -0.609. The molecular weight excluding hydrogens is 292 g/mol. The van der Waals surface area contributed by atoms with Crippen molar-refractivity contribution in [2.75, 3.05) is 26.3 Å². The van der Waals surface area contributed by atoms with Gasteiger partial charge in [-0.3, -0.25) is 0 Å². The fourth-order valence-corrected chi connectivity index (χ4v) is 3.56. The second-order valence-electron chi connectivity index (χ2n) is 3.82. The third-order valence-corrected chi connectivity index (χ3v) is 4.93. The van der Waals surface area contributed by atoms with E-state index in [0.717, 1.165) is 9.87 Å². The van der Waals surface area contributed by atoms with Crippen molar-refractivity contribution in [3.63, 3.8) is 0 Å². The molecule has 0 saturated heterocycles. The van der Waals surface area contributed by atoms with Gasteiger partial charge in [0.05, 0.1) is 18.2 Å². The van der Waals surface area contributed by atoms with Gasteiger partial charge in [0.2, 0.25) is 10.0 Å². The number of benzene rings is 1. The van der Waals surface area contributed by atoms with Crippen molar-refractivity contribution in [2.24, 2.45) is 5.73 Å². The van der Waals surface area contributed by atoms with Gasteiger partial charge in [0.25, 0.3) is 0 Å². The monoisotopic (exact) mass is 308 g/mol. The maximum absolute atomic E-state index is 12.3. The van der Waals surface area contributed by atoms with Crippen LogP contribution in [0.2, 0.25) is 5.02 Å². The molecule has 0 aliphatic carbocycles. The topological polar surface area (TPSA) is 104 Å². The molecule has 1 rings (SSSR count). The van der Waals surface area contributed by atoms with Crippen molar-refractivity contribution >= 4 is 21.6 Å². The first-order valence-electron chi connectivity index (χ1n) is 5.67. The predicted octanol–water partition coefficient (Wildman–Crippen LogP) is -0.226.